The molecule has 0 bridgehead atoms. The predicted molar refractivity (Wildman–Crippen MR) is 79.7 cm³/mol. The van der Waals surface area contributed by atoms with E-state index in [2.05, 4.69) is 26.9 Å². The van der Waals surface area contributed by atoms with E-state index in [0.717, 1.165) is 26.3 Å². The summed E-state index contributed by atoms with van der Waals surface area (Å²) in [5.41, 5.74) is 1.39. The summed E-state index contributed by atoms with van der Waals surface area (Å²) in [4.78, 5) is 9.43. The van der Waals surface area contributed by atoms with Crippen LogP contribution < -0.4 is 0 Å². The van der Waals surface area contributed by atoms with Crippen LogP contribution in [0, 0.1) is 0 Å². The van der Waals surface area contributed by atoms with Crippen LogP contribution in [0.1, 0.15) is 30.9 Å². The summed E-state index contributed by atoms with van der Waals surface area (Å²) in [5.74, 6) is 0. The second kappa shape index (κ2) is 7.16. The molecule has 0 aliphatic carbocycles. The van der Waals surface area contributed by atoms with E-state index in [4.69, 9.17) is 4.74 Å². The Bertz CT molecular complexity index is 392. The van der Waals surface area contributed by atoms with Crippen molar-refractivity contribution in [2.45, 2.75) is 25.3 Å². The van der Waals surface area contributed by atoms with Gasteiger partial charge in [0.15, 0.2) is 0 Å². The van der Waals surface area contributed by atoms with E-state index in [0.29, 0.717) is 6.04 Å². The van der Waals surface area contributed by atoms with E-state index in [9.17, 15) is 0 Å². The maximum absolute atomic E-state index is 5.40. The predicted octanol–water partition coefficient (Wildman–Crippen LogP) is 1.94. The number of ether oxygens (including phenoxy) is 1. The fraction of sp³-hybridized carbons (Fsp3) is 0.688. The molecule has 2 aliphatic rings. The van der Waals surface area contributed by atoms with Gasteiger partial charge in [0.25, 0.3) is 0 Å². The molecule has 1 aromatic heterocycles. The van der Waals surface area contributed by atoms with Crippen LogP contribution in [0.4, 0.5) is 0 Å². The first-order valence-electron chi connectivity index (χ1n) is 7.87. The van der Waals surface area contributed by atoms with Crippen molar-refractivity contribution >= 4 is 0 Å². The lowest BCUT2D eigenvalue weighted by Gasteiger charge is -2.29. The molecule has 2 aliphatic heterocycles. The minimum Gasteiger partial charge on any atom is -0.379 e. The molecule has 0 radical (unpaired) electrons. The number of hydrogen-bond acceptors (Lipinski definition) is 4. The molecule has 4 nitrogen and oxygen atoms in total. The van der Waals surface area contributed by atoms with E-state index in [1.165, 1.54) is 44.5 Å². The lowest BCUT2D eigenvalue weighted by molar-refractivity contribution is 0.0359. The molecule has 1 atom stereocenters. The van der Waals surface area contributed by atoms with E-state index in [1.54, 1.807) is 0 Å². The van der Waals surface area contributed by atoms with Crippen LogP contribution in [0.2, 0.25) is 0 Å². The van der Waals surface area contributed by atoms with Gasteiger partial charge in [-0.05, 0) is 50.5 Å². The molecule has 2 fully saturated rings. The quantitative estimate of drug-likeness (QED) is 0.821. The van der Waals surface area contributed by atoms with Gasteiger partial charge in [-0.15, -0.1) is 0 Å². The molecule has 4 heteroatoms. The van der Waals surface area contributed by atoms with Crippen LogP contribution >= 0.6 is 0 Å². The van der Waals surface area contributed by atoms with Gasteiger partial charge in [0, 0.05) is 31.5 Å². The second-order valence-corrected chi connectivity index (χ2v) is 5.79. The Balaban J connectivity index is 1.46. The van der Waals surface area contributed by atoms with E-state index in [1.807, 2.05) is 12.4 Å². The van der Waals surface area contributed by atoms with Gasteiger partial charge in [-0.25, -0.2) is 0 Å². The summed E-state index contributed by atoms with van der Waals surface area (Å²) in [6.07, 6.45) is 7.75. The Kier molecular flexibility index (Phi) is 5.01. The van der Waals surface area contributed by atoms with Crippen molar-refractivity contribution in [1.29, 1.82) is 0 Å². The number of morpholine rings is 1. The Morgan fingerprint density at radius 2 is 2.10 bits per heavy atom. The van der Waals surface area contributed by atoms with Gasteiger partial charge < -0.3 is 4.74 Å². The first-order chi connectivity index (χ1) is 9.93. The molecule has 110 valence electrons. The smallest absolute Gasteiger partial charge is 0.0594 e. The van der Waals surface area contributed by atoms with Gasteiger partial charge in [0.2, 0.25) is 0 Å². The van der Waals surface area contributed by atoms with E-state index in [-0.39, 0.29) is 0 Å². The number of likely N-dealkylation sites (tertiary alicyclic amines) is 1. The third-order valence-corrected chi connectivity index (χ3v) is 4.46. The average molecular weight is 275 g/mol. The average Bonchev–Trinajstić information content (AvgIpc) is 2.98. The Morgan fingerprint density at radius 3 is 2.90 bits per heavy atom. The molecular formula is C16H25N3O. The maximum Gasteiger partial charge on any atom is 0.0594 e. The maximum atomic E-state index is 5.40. The molecule has 0 saturated carbocycles. The zero-order valence-electron chi connectivity index (χ0n) is 12.2. The SMILES string of the molecule is c1cncc([C@@H]2CCCN2CCCN2CCOCC2)c1. The molecule has 20 heavy (non-hydrogen) atoms. The van der Waals surface area contributed by atoms with Crippen molar-refractivity contribution in [3.63, 3.8) is 0 Å². The topological polar surface area (TPSA) is 28.6 Å². The highest BCUT2D eigenvalue weighted by molar-refractivity contribution is 5.15. The van der Waals surface area contributed by atoms with Crippen molar-refractivity contribution in [2.75, 3.05) is 45.9 Å². The number of rotatable bonds is 5. The summed E-state index contributed by atoms with van der Waals surface area (Å²) in [6, 6.07) is 4.87. The van der Waals surface area contributed by atoms with Crippen molar-refractivity contribution in [3.05, 3.63) is 30.1 Å². The molecular weight excluding hydrogens is 250 g/mol. The van der Waals surface area contributed by atoms with Crippen LogP contribution in [0.25, 0.3) is 0 Å². The highest BCUT2D eigenvalue weighted by Gasteiger charge is 2.25. The first kappa shape index (κ1) is 14.0. The summed E-state index contributed by atoms with van der Waals surface area (Å²) in [7, 11) is 0. The summed E-state index contributed by atoms with van der Waals surface area (Å²) in [6.45, 7) is 7.67. The van der Waals surface area contributed by atoms with Crippen molar-refractivity contribution in [2.24, 2.45) is 0 Å². The molecule has 2 saturated heterocycles. The minimum atomic E-state index is 0.591. The summed E-state index contributed by atoms with van der Waals surface area (Å²) >= 11 is 0. The second-order valence-electron chi connectivity index (χ2n) is 5.79. The normalized spacial score (nSPS) is 25.1. The number of hydrogen-bond donors (Lipinski definition) is 0. The monoisotopic (exact) mass is 275 g/mol. The van der Waals surface area contributed by atoms with Gasteiger partial charge in [-0.1, -0.05) is 6.07 Å². The number of pyridine rings is 1. The van der Waals surface area contributed by atoms with Crippen molar-refractivity contribution in [1.82, 2.24) is 14.8 Å². The molecule has 0 aromatic carbocycles. The molecule has 3 heterocycles. The summed E-state index contributed by atoms with van der Waals surface area (Å²) < 4.78 is 5.40. The van der Waals surface area contributed by atoms with Crippen LogP contribution in [-0.4, -0.2) is 60.7 Å². The Labute approximate surface area is 121 Å². The van der Waals surface area contributed by atoms with Gasteiger partial charge in [-0.3, -0.25) is 14.8 Å². The van der Waals surface area contributed by atoms with Crippen LogP contribution in [0.3, 0.4) is 0 Å². The van der Waals surface area contributed by atoms with Crippen LogP contribution in [-0.2, 0) is 4.74 Å². The first-order valence-corrected chi connectivity index (χ1v) is 7.87. The van der Waals surface area contributed by atoms with E-state index >= 15 is 0 Å². The largest absolute Gasteiger partial charge is 0.379 e. The highest BCUT2D eigenvalue weighted by atomic mass is 16.5. The van der Waals surface area contributed by atoms with Gasteiger partial charge in [0.1, 0.15) is 0 Å². The van der Waals surface area contributed by atoms with Gasteiger partial charge in [0.05, 0.1) is 13.2 Å². The molecule has 1 aromatic rings. The molecule has 0 unspecified atom stereocenters. The summed E-state index contributed by atoms with van der Waals surface area (Å²) in [5, 5.41) is 0. The fourth-order valence-corrected chi connectivity index (χ4v) is 3.37. The third-order valence-electron chi connectivity index (χ3n) is 4.46. The standard InChI is InChI=1S/C16H25N3O/c1-4-15(14-17-6-1)16-5-2-8-19(16)9-3-7-18-10-12-20-13-11-18/h1,4,6,14,16H,2-3,5,7-13H2/t16-/m0/s1. The zero-order valence-corrected chi connectivity index (χ0v) is 12.2. The highest BCUT2D eigenvalue weighted by Crippen LogP contribution is 2.31. The number of aromatic nitrogens is 1. The van der Waals surface area contributed by atoms with E-state index < -0.39 is 0 Å². The number of nitrogens with zero attached hydrogens (tertiary/aromatic N) is 3. The Hall–Kier alpha value is -0.970. The van der Waals surface area contributed by atoms with Crippen molar-refractivity contribution in [3.8, 4) is 0 Å². The third kappa shape index (κ3) is 3.57. The molecule has 0 amide bonds. The Morgan fingerprint density at radius 1 is 1.20 bits per heavy atom. The minimum absolute atomic E-state index is 0.591. The van der Waals surface area contributed by atoms with Crippen LogP contribution in [0.15, 0.2) is 24.5 Å². The fourth-order valence-electron chi connectivity index (χ4n) is 3.37. The van der Waals surface area contributed by atoms with Gasteiger partial charge in [-0.2, -0.15) is 0 Å². The lowest BCUT2D eigenvalue weighted by atomic mass is 10.1. The lowest BCUT2D eigenvalue weighted by Crippen LogP contribution is -2.38. The van der Waals surface area contributed by atoms with Crippen LogP contribution in [0.5, 0.6) is 0 Å². The zero-order chi connectivity index (χ0) is 13.6. The van der Waals surface area contributed by atoms with Crippen molar-refractivity contribution < 1.29 is 4.74 Å². The molecule has 3 rings (SSSR count). The molecule has 0 spiro atoms. The molecule has 0 N–H and O–H groups in total. The van der Waals surface area contributed by atoms with Gasteiger partial charge >= 0.3 is 0 Å².